The molecule has 0 bridgehead atoms. The van der Waals surface area contributed by atoms with Gasteiger partial charge in [0, 0.05) is 11.1 Å². The van der Waals surface area contributed by atoms with E-state index in [1.807, 2.05) is 6.07 Å². The third-order valence-electron chi connectivity index (χ3n) is 4.22. The van der Waals surface area contributed by atoms with Gasteiger partial charge in [0.1, 0.15) is 11.8 Å². The maximum atomic E-state index is 12.9. The molecule has 132 valence electrons. The summed E-state index contributed by atoms with van der Waals surface area (Å²) in [5, 5.41) is 19.4. The van der Waals surface area contributed by atoms with E-state index in [9.17, 15) is 14.7 Å². The predicted octanol–water partition coefficient (Wildman–Crippen LogP) is 3.67. The summed E-state index contributed by atoms with van der Waals surface area (Å²) in [6.45, 7) is 5.18. The lowest BCUT2D eigenvalue weighted by Crippen LogP contribution is -2.32. The summed E-state index contributed by atoms with van der Waals surface area (Å²) < 4.78 is 5.46. The molecule has 2 heterocycles. The van der Waals surface area contributed by atoms with Crippen LogP contribution < -0.4 is 4.90 Å². The van der Waals surface area contributed by atoms with E-state index >= 15 is 0 Å². The highest BCUT2D eigenvalue weighted by Crippen LogP contribution is 2.43. The number of nitrogens with zero attached hydrogens (tertiary/aromatic N) is 2. The van der Waals surface area contributed by atoms with Crippen LogP contribution in [0.25, 0.3) is 0 Å². The maximum absolute atomic E-state index is 12.9. The summed E-state index contributed by atoms with van der Waals surface area (Å²) in [6, 6.07) is 10.8. The Bertz CT molecular complexity index is 926. The van der Waals surface area contributed by atoms with E-state index in [-0.39, 0.29) is 11.4 Å². The highest BCUT2D eigenvalue weighted by molar-refractivity contribution is 6.17. The molecule has 0 saturated carbocycles. The minimum absolute atomic E-state index is 0.0156. The Kier molecular flexibility index (Phi) is 4.17. The van der Waals surface area contributed by atoms with E-state index in [0.29, 0.717) is 17.0 Å². The fourth-order valence-electron chi connectivity index (χ4n) is 2.92. The van der Waals surface area contributed by atoms with Gasteiger partial charge < -0.3 is 9.52 Å². The first-order valence-electron chi connectivity index (χ1n) is 8.10. The first-order chi connectivity index (χ1) is 12.3. The summed E-state index contributed by atoms with van der Waals surface area (Å²) in [5.41, 5.74) is 0.133. The molecular weight excluding hydrogens is 332 g/mol. The van der Waals surface area contributed by atoms with Gasteiger partial charge in [0.15, 0.2) is 11.5 Å². The molecule has 26 heavy (non-hydrogen) atoms. The summed E-state index contributed by atoms with van der Waals surface area (Å²) in [5.74, 6) is -1.21. The van der Waals surface area contributed by atoms with E-state index in [0.717, 1.165) is 0 Å². The zero-order chi connectivity index (χ0) is 19.1. The lowest BCUT2D eigenvalue weighted by atomic mass is 9.83. The second-order valence-electron chi connectivity index (χ2n) is 7.09. The zero-order valence-electron chi connectivity index (χ0n) is 14.7. The predicted molar refractivity (Wildman–Crippen MR) is 94.2 cm³/mol. The second-order valence-corrected chi connectivity index (χ2v) is 7.09. The average molecular weight is 350 g/mol. The smallest absolute Gasteiger partial charge is 0.294 e. The number of Topliss-reactive ketones (excluding diaryl/α,β-unsaturated/α-hetero) is 1. The van der Waals surface area contributed by atoms with Crippen LogP contribution in [0.2, 0.25) is 0 Å². The third kappa shape index (κ3) is 2.78. The van der Waals surface area contributed by atoms with Crippen LogP contribution in [0.1, 0.15) is 38.1 Å². The van der Waals surface area contributed by atoms with Crippen LogP contribution in [0.5, 0.6) is 0 Å². The van der Waals surface area contributed by atoms with Crippen LogP contribution in [0.15, 0.2) is 58.4 Å². The monoisotopic (exact) mass is 350 g/mol. The number of hydrogen-bond acceptors (Lipinski definition) is 5. The van der Waals surface area contributed by atoms with Gasteiger partial charge in [0.05, 0.1) is 23.5 Å². The summed E-state index contributed by atoms with van der Waals surface area (Å²) in [4.78, 5) is 27.0. The van der Waals surface area contributed by atoms with Crippen molar-refractivity contribution in [3.8, 4) is 6.07 Å². The first kappa shape index (κ1) is 17.5. The number of carbonyl (C=O) groups excluding carboxylic acids is 2. The first-order valence-corrected chi connectivity index (χ1v) is 8.10. The topological polar surface area (TPSA) is 94.5 Å². The van der Waals surface area contributed by atoms with Gasteiger partial charge in [0.25, 0.3) is 5.91 Å². The number of amides is 1. The molecule has 0 fully saturated rings. The number of furan rings is 1. The molecule has 1 amide bonds. The molecule has 0 radical (unpaired) electrons. The Morgan fingerprint density at radius 3 is 2.38 bits per heavy atom. The molecule has 1 N–H and O–H groups in total. The molecule has 1 aromatic heterocycles. The molecule has 1 unspecified atom stereocenters. The number of anilines is 1. The highest BCUT2D eigenvalue weighted by atomic mass is 16.3. The SMILES string of the molecule is CC(C)(C)C(=O)C1=C(O)C(=O)N(c2ccc(C#N)cc2)C1c1ccco1. The molecule has 1 aromatic carbocycles. The highest BCUT2D eigenvalue weighted by Gasteiger charge is 2.47. The zero-order valence-corrected chi connectivity index (χ0v) is 14.7. The van der Waals surface area contributed by atoms with Crippen molar-refractivity contribution in [1.82, 2.24) is 0 Å². The number of aliphatic hydroxyl groups is 1. The van der Waals surface area contributed by atoms with Crippen LogP contribution >= 0.6 is 0 Å². The molecule has 6 nitrogen and oxygen atoms in total. The minimum Gasteiger partial charge on any atom is -0.503 e. The lowest BCUT2D eigenvalue weighted by molar-refractivity contribution is -0.123. The van der Waals surface area contributed by atoms with Crippen molar-refractivity contribution in [2.24, 2.45) is 5.41 Å². The summed E-state index contributed by atoms with van der Waals surface area (Å²) in [6.07, 6.45) is 1.45. The molecule has 0 saturated heterocycles. The lowest BCUT2D eigenvalue weighted by Gasteiger charge is -2.27. The van der Waals surface area contributed by atoms with Crippen LogP contribution in [-0.2, 0) is 9.59 Å². The molecular formula is C20H18N2O4. The molecule has 6 heteroatoms. The van der Waals surface area contributed by atoms with Gasteiger partial charge in [-0.1, -0.05) is 20.8 Å². The number of rotatable bonds is 3. The Labute approximate surface area is 151 Å². The van der Waals surface area contributed by atoms with Gasteiger partial charge in [-0.05, 0) is 36.4 Å². The van der Waals surface area contributed by atoms with E-state index in [4.69, 9.17) is 9.68 Å². The van der Waals surface area contributed by atoms with Gasteiger partial charge in [-0.3, -0.25) is 14.5 Å². The largest absolute Gasteiger partial charge is 0.503 e. The van der Waals surface area contributed by atoms with E-state index < -0.39 is 23.1 Å². The number of hydrogen-bond donors (Lipinski definition) is 1. The van der Waals surface area contributed by atoms with E-state index in [1.165, 1.54) is 11.2 Å². The standard InChI is InChI=1S/C20H18N2O4/c1-20(2,3)18(24)15-16(14-5-4-10-26-14)22(19(25)17(15)23)13-8-6-12(11-21)7-9-13/h4-10,16,23H,1-3H3. The third-order valence-corrected chi connectivity index (χ3v) is 4.22. The van der Waals surface area contributed by atoms with Crippen LogP contribution in [0.3, 0.4) is 0 Å². The molecule has 1 aliphatic heterocycles. The number of aliphatic hydroxyl groups excluding tert-OH is 1. The van der Waals surface area contributed by atoms with Gasteiger partial charge in [0.2, 0.25) is 0 Å². The number of benzene rings is 1. The van der Waals surface area contributed by atoms with Crippen LogP contribution in [0, 0.1) is 16.7 Å². The molecule has 1 aliphatic rings. The average Bonchev–Trinajstić information content (AvgIpc) is 3.21. The van der Waals surface area contributed by atoms with Gasteiger partial charge in [-0.25, -0.2) is 0 Å². The number of nitriles is 1. The van der Waals surface area contributed by atoms with Crippen molar-refractivity contribution in [2.45, 2.75) is 26.8 Å². The Balaban J connectivity index is 2.15. The Hall–Kier alpha value is -3.33. The molecule has 2 aromatic rings. The van der Waals surface area contributed by atoms with E-state index in [1.54, 1.807) is 57.2 Å². The molecule has 0 aliphatic carbocycles. The Morgan fingerprint density at radius 1 is 1.23 bits per heavy atom. The fourth-order valence-corrected chi connectivity index (χ4v) is 2.92. The van der Waals surface area contributed by atoms with Crippen LogP contribution in [-0.4, -0.2) is 16.8 Å². The van der Waals surface area contributed by atoms with Gasteiger partial charge in [-0.2, -0.15) is 5.26 Å². The summed E-state index contributed by atoms with van der Waals surface area (Å²) in [7, 11) is 0. The van der Waals surface area contributed by atoms with Crippen molar-refractivity contribution < 1.29 is 19.1 Å². The molecule has 1 atom stereocenters. The maximum Gasteiger partial charge on any atom is 0.294 e. The second kappa shape index (κ2) is 6.19. The number of carbonyl (C=O) groups is 2. The van der Waals surface area contributed by atoms with Crippen LogP contribution in [0.4, 0.5) is 5.69 Å². The number of ketones is 1. The van der Waals surface area contributed by atoms with Gasteiger partial charge >= 0.3 is 0 Å². The summed E-state index contributed by atoms with van der Waals surface area (Å²) >= 11 is 0. The Morgan fingerprint density at radius 2 is 1.88 bits per heavy atom. The van der Waals surface area contributed by atoms with Crippen molar-refractivity contribution >= 4 is 17.4 Å². The van der Waals surface area contributed by atoms with Crippen molar-refractivity contribution in [1.29, 1.82) is 5.26 Å². The fraction of sp³-hybridized carbons (Fsp3) is 0.250. The van der Waals surface area contributed by atoms with Gasteiger partial charge in [-0.15, -0.1) is 0 Å². The molecule has 0 spiro atoms. The normalized spacial score (nSPS) is 17.5. The molecule has 3 rings (SSSR count). The minimum atomic E-state index is -0.864. The van der Waals surface area contributed by atoms with Crippen molar-refractivity contribution in [2.75, 3.05) is 4.90 Å². The van der Waals surface area contributed by atoms with Crippen molar-refractivity contribution in [3.05, 3.63) is 65.3 Å². The van der Waals surface area contributed by atoms with Crippen molar-refractivity contribution in [3.63, 3.8) is 0 Å². The van der Waals surface area contributed by atoms with E-state index in [2.05, 4.69) is 0 Å². The quantitative estimate of drug-likeness (QED) is 0.911.